The van der Waals surface area contributed by atoms with Crippen LogP contribution < -0.4 is 5.48 Å². The Labute approximate surface area is 183 Å². The van der Waals surface area contributed by atoms with E-state index in [1.54, 1.807) is 24.0 Å². The van der Waals surface area contributed by atoms with Crippen LogP contribution in [-0.4, -0.2) is 40.6 Å². The van der Waals surface area contributed by atoms with Crippen molar-refractivity contribution in [1.82, 2.24) is 15.5 Å². The number of amidine groups is 1. The zero-order valence-corrected chi connectivity index (χ0v) is 18.0. The quantitative estimate of drug-likeness (QED) is 0.743. The van der Waals surface area contributed by atoms with Gasteiger partial charge < -0.3 is 9.42 Å². The van der Waals surface area contributed by atoms with Gasteiger partial charge in [-0.2, -0.15) is 13.2 Å². The lowest BCUT2D eigenvalue weighted by atomic mass is 9.91. The van der Waals surface area contributed by atoms with Crippen molar-refractivity contribution in [2.45, 2.75) is 57.5 Å². The highest BCUT2D eigenvalue weighted by atomic mass is 19.4. The average molecular weight is 450 g/mol. The van der Waals surface area contributed by atoms with E-state index in [0.29, 0.717) is 30.8 Å². The maximum absolute atomic E-state index is 14.1. The number of carbonyl (C=O) groups excluding carboxylic acids is 1. The summed E-state index contributed by atoms with van der Waals surface area (Å²) in [5, 5.41) is 3.88. The molecule has 2 aromatic rings. The van der Waals surface area contributed by atoms with E-state index >= 15 is 0 Å². The number of benzene rings is 1. The minimum Gasteiger partial charge on any atom is -0.360 e. The van der Waals surface area contributed by atoms with Crippen LogP contribution in [0.15, 0.2) is 45.9 Å². The number of aryl methyl sites for hydroxylation is 1. The van der Waals surface area contributed by atoms with Crippen LogP contribution in [0.2, 0.25) is 0 Å². The first-order valence-electron chi connectivity index (χ1n) is 10.5. The minimum absolute atomic E-state index is 0.00622. The molecule has 0 radical (unpaired) electrons. The molecule has 4 rings (SSSR count). The Kier molecular flexibility index (Phi) is 5.74. The Balaban J connectivity index is 1.67. The Hall–Kier alpha value is -2.88. The van der Waals surface area contributed by atoms with Gasteiger partial charge >= 0.3 is 11.9 Å². The van der Waals surface area contributed by atoms with Crippen LogP contribution in [0.4, 0.5) is 13.2 Å². The first kappa shape index (κ1) is 22.3. The summed E-state index contributed by atoms with van der Waals surface area (Å²) >= 11 is 0. The molecule has 0 spiro atoms. The largest absolute Gasteiger partial charge is 0.445 e. The molecule has 0 bridgehead atoms. The third-order valence-electron chi connectivity index (χ3n) is 5.87. The van der Waals surface area contributed by atoms with Gasteiger partial charge in [0.1, 0.15) is 17.5 Å². The monoisotopic (exact) mass is 450 g/mol. The van der Waals surface area contributed by atoms with E-state index in [-0.39, 0.29) is 23.2 Å². The Morgan fingerprint density at radius 1 is 1.28 bits per heavy atom. The number of likely N-dealkylation sites (tertiary alicyclic amines) is 1. The highest BCUT2D eigenvalue weighted by Gasteiger charge is 2.62. The number of halogens is 3. The van der Waals surface area contributed by atoms with Gasteiger partial charge in [0, 0.05) is 18.2 Å². The van der Waals surface area contributed by atoms with Crippen molar-refractivity contribution >= 4 is 11.7 Å². The summed E-state index contributed by atoms with van der Waals surface area (Å²) < 4.78 is 47.7. The first-order chi connectivity index (χ1) is 15.1. The maximum Gasteiger partial charge on any atom is 0.445 e. The van der Waals surface area contributed by atoms with Crippen LogP contribution in [0, 0.1) is 12.8 Å². The molecular formula is C22H25F3N4O3. The fraction of sp³-hybridized carbons (Fsp3) is 0.500. The number of amides is 1. The number of hydrogen-bond donors (Lipinski definition) is 1. The topological polar surface area (TPSA) is 80.0 Å². The second-order valence-electron chi connectivity index (χ2n) is 8.49. The van der Waals surface area contributed by atoms with Crippen molar-refractivity contribution in [3.63, 3.8) is 0 Å². The SMILES string of the molecule is Cc1cc(C(C(=O)N2CCCC2C2=NC(c3ccccc3)(C(F)(F)F)ON2)C(C)C)on1. The summed E-state index contributed by atoms with van der Waals surface area (Å²) in [5.74, 6) is -0.481. The van der Waals surface area contributed by atoms with Gasteiger partial charge in [-0.05, 0) is 25.7 Å². The number of rotatable bonds is 5. The van der Waals surface area contributed by atoms with E-state index in [1.165, 1.54) is 24.3 Å². The molecule has 0 saturated carbocycles. The lowest BCUT2D eigenvalue weighted by Crippen LogP contribution is -2.46. The van der Waals surface area contributed by atoms with E-state index in [1.807, 2.05) is 13.8 Å². The lowest BCUT2D eigenvalue weighted by molar-refractivity contribution is -0.285. The van der Waals surface area contributed by atoms with E-state index in [9.17, 15) is 18.0 Å². The third-order valence-corrected chi connectivity index (χ3v) is 5.87. The van der Waals surface area contributed by atoms with Crippen LogP contribution >= 0.6 is 0 Å². The van der Waals surface area contributed by atoms with Crippen LogP contribution in [0.1, 0.15) is 49.6 Å². The summed E-state index contributed by atoms with van der Waals surface area (Å²) in [5.41, 5.74) is 0.0519. The summed E-state index contributed by atoms with van der Waals surface area (Å²) in [7, 11) is 0. The number of hydrogen-bond acceptors (Lipinski definition) is 6. The van der Waals surface area contributed by atoms with Gasteiger partial charge in [0.25, 0.3) is 0 Å². The number of aromatic nitrogens is 1. The molecule has 1 amide bonds. The molecule has 1 fully saturated rings. The molecule has 10 heteroatoms. The van der Waals surface area contributed by atoms with E-state index in [4.69, 9.17) is 9.36 Å². The summed E-state index contributed by atoms with van der Waals surface area (Å²) in [6.45, 7) is 5.96. The standard InChI is InChI=1S/C22H25F3N4O3/c1-13(2)18(17-12-14(3)27-31-17)20(30)29-11-7-10-16(29)19-26-21(32-28-19,22(23,24)25)15-8-5-4-6-9-15/h4-6,8-9,12-13,16,18H,7,10-11H2,1-3H3,(H,26,28). The molecule has 3 unspecified atom stereocenters. The Morgan fingerprint density at radius 2 is 2.00 bits per heavy atom. The molecular weight excluding hydrogens is 425 g/mol. The highest BCUT2D eigenvalue weighted by molar-refractivity contribution is 5.94. The van der Waals surface area contributed by atoms with Crippen LogP contribution in [0.5, 0.6) is 0 Å². The lowest BCUT2D eigenvalue weighted by Gasteiger charge is -2.29. The van der Waals surface area contributed by atoms with Gasteiger partial charge in [-0.1, -0.05) is 49.3 Å². The number of nitrogens with one attached hydrogen (secondary N) is 1. The molecule has 1 N–H and O–H groups in total. The van der Waals surface area contributed by atoms with E-state index in [2.05, 4.69) is 15.6 Å². The molecule has 2 aliphatic rings. The number of nitrogens with zero attached hydrogens (tertiary/aromatic N) is 3. The molecule has 32 heavy (non-hydrogen) atoms. The Bertz CT molecular complexity index is 1010. The van der Waals surface area contributed by atoms with Gasteiger partial charge in [-0.15, -0.1) is 0 Å². The smallest absolute Gasteiger partial charge is 0.360 e. The van der Waals surface area contributed by atoms with Gasteiger partial charge in [-0.3, -0.25) is 4.79 Å². The van der Waals surface area contributed by atoms with Crippen LogP contribution in [-0.2, 0) is 15.4 Å². The number of hydroxylamine groups is 1. The van der Waals surface area contributed by atoms with Crippen LogP contribution in [0.3, 0.4) is 0 Å². The number of alkyl halides is 3. The van der Waals surface area contributed by atoms with Crippen molar-refractivity contribution in [3.05, 3.63) is 53.4 Å². The summed E-state index contributed by atoms with van der Waals surface area (Å²) in [6, 6.07) is 8.32. The van der Waals surface area contributed by atoms with Crippen molar-refractivity contribution in [3.8, 4) is 0 Å². The van der Waals surface area contributed by atoms with E-state index in [0.717, 1.165) is 0 Å². The minimum atomic E-state index is -4.80. The molecule has 172 valence electrons. The molecule has 2 aliphatic heterocycles. The number of carbonyl (C=O) groups is 1. The summed E-state index contributed by atoms with van der Waals surface area (Å²) in [6.07, 6.45) is -3.68. The maximum atomic E-state index is 14.1. The molecule has 0 aliphatic carbocycles. The molecule has 7 nitrogen and oxygen atoms in total. The second kappa shape index (κ2) is 8.23. The predicted molar refractivity (Wildman–Crippen MR) is 109 cm³/mol. The summed E-state index contributed by atoms with van der Waals surface area (Å²) in [4.78, 5) is 24.1. The van der Waals surface area contributed by atoms with Gasteiger partial charge in [0.15, 0.2) is 0 Å². The highest BCUT2D eigenvalue weighted by Crippen LogP contribution is 2.45. The number of aliphatic imine (C=N–C) groups is 1. The van der Waals surface area contributed by atoms with Crippen molar-refractivity contribution in [1.29, 1.82) is 0 Å². The van der Waals surface area contributed by atoms with Gasteiger partial charge in [-0.25, -0.2) is 15.3 Å². The zero-order valence-electron chi connectivity index (χ0n) is 18.0. The van der Waals surface area contributed by atoms with Crippen molar-refractivity contribution < 1.29 is 27.3 Å². The fourth-order valence-electron chi connectivity index (χ4n) is 4.32. The van der Waals surface area contributed by atoms with Gasteiger partial charge in [0.2, 0.25) is 5.91 Å². The molecule has 1 aromatic heterocycles. The molecule has 1 saturated heterocycles. The van der Waals surface area contributed by atoms with Gasteiger partial charge in [0.05, 0.1) is 11.7 Å². The second-order valence-corrected chi connectivity index (χ2v) is 8.49. The fourth-order valence-corrected chi connectivity index (χ4v) is 4.32. The normalized spacial score (nSPS) is 24.5. The predicted octanol–water partition coefficient (Wildman–Crippen LogP) is 4.06. The van der Waals surface area contributed by atoms with E-state index < -0.39 is 23.9 Å². The molecule has 3 heterocycles. The van der Waals surface area contributed by atoms with Crippen molar-refractivity contribution in [2.24, 2.45) is 10.9 Å². The Morgan fingerprint density at radius 3 is 2.59 bits per heavy atom. The first-order valence-corrected chi connectivity index (χ1v) is 10.5. The zero-order chi connectivity index (χ0) is 23.1. The molecule has 3 atom stereocenters. The van der Waals surface area contributed by atoms with Crippen LogP contribution in [0.25, 0.3) is 0 Å². The molecule has 1 aromatic carbocycles. The average Bonchev–Trinajstić information content (AvgIpc) is 3.47. The third kappa shape index (κ3) is 3.76. The van der Waals surface area contributed by atoms with Crippen molar-refractivity contribution in [2.75, 3.05) is 6.54 Å².